The van der Waals surface area contributed by atoms with Crippen LogP contribution < -0.4 is 5.32 Å². The number of halogens is 9. The van der Waals surface area contributed by atoms with Gasteiger partial charge in [-0.3, -0.25) is 9.59 Å². The second kappa shape index (κ2) is 13.2. The molecule has 0 spiro atoms. The van der Waals surface area contributed by atoms with Gasteiger partial charge in [-0.15, -0.1) is 0 Å². The van der Waals surface area contributed by atoms with Crippen molar-refractivity contribution in [1.82, 2.24) is 5.32 Å². The zero-order chi connectivity index (χ0) is 30.6. The Bertz CT molecular complexity index is 1240. The van der Waals surface area contributed by atoms with Crippen LogP contribution in [0.25, 0.3) is 6.08 Å². The maximum absolute atomic E-state index is 13.8. The number of hydrogen-bond acceptors (Lipinski definition) is 2. The molecular formula is C28H28Cl3F6NO2. The van der Waals surface area contributed by atoms with Crippen molar-refractivity contribution in [2.24, 2.45) is 5.41 Å². The van der Waals surface area contributed by atoms with E-state index in [1.54, 1.807) is 0 Å². The third kappa shape index (κ3) is 10.00. The minimum Gasteiger partial charge on any atom is -0.349 e. The Morgan fingerprint density at radius 1 is 0.950 bits per heavy atom. The van der Waals surface area contributed by atoms with Crippen LogP contribution in [0.1, 0.15) is 79.9 Å². The zero-order valence-electron chi connectivity index (χ0n) is 22.0. The molecule has 1 unspecified atom stereocenters. The van der Waals surface area contributed by atoms with Crippen molar-refractivity contribution in [3.8, 4) is 0 Å². The van der Waals surface area contributed by atoms with E-state index in [0.717, 1.165) is 30.3 Å². The molecule has 0 fully saturated rings. The van der Waals surface area contributed by atoms with Gasteiger partial charge in [-0.1, -0.05) is 73.8 Å². The molecule has 0 aliphatic heterocycles. The normalized spacial score (nSPS) is 14.3. The van der Waals surface area contributed by atoms with E-state index in [-0.39, 0.29) is 50.2 Å². The number of amides is 1. The number of nitrogens with one attached hydrogen (secondary N) is 1. The summed E-state index contributed by atoms with van der Waals surface area (Å²) in [6, 6.07) is 3.77. The number of ketones is 1. The van der Waals surface area contributed by atoms with E-state index < -0.39 is 41.3 Å². The van der Waals surface area contributed by atoms with Gasteiger partial charge in [-0.25, -0.2) is 0 Å². The van der Waals surface area contributed by atoms with Crippen LogP contribution in [0.4, 0.5) is 26.3 Å². The fourth-order valence-electron chi connectivity index (χ4n) is 3.78. The van der Waals surface area contributed by atoms with E-state index in [4.69, 9.17) is 34.8 Å². The predicted molar refractivity (Wildman–Crippen MR) is 146 cm³/mol. The van der Waals surface area contributed by atoms with Crippen molar-refractivity contribution >= 4 is 52.6 Å². The number of carbonyl (C=O) groups is 2. The van der Waals surface area contributed by atoms with E-state index in [9.17, 15) is 35.9 Å². The predicted octanol–water partition coefficient (Wildman–Crippen LogP) is 9.93. The molecule has 0 aliphatic rings. The molecule has 0 radical (unpaired) electrons. The quantitative estimate of drug-likeness (QED) is 0.221. The highest BCUT2D eigenvalue weighted by Crippen LogP contribution is 2.41. The Morgan fingerprint density at radius 2 is 1.52 bits per heavy atom. The van der Waals surface area contributed by atoms with Crippen LogP contribution in [-0.4, -0.2) is 23.9 Å². The van der Waals surface area contributed by atoms with Gasteiger partial charge in [0.2, 0.25) is 0 Å². The maximum Gasteiger partial charge on any atom is 0.417 e. The summed E-state index contributed by atoms with van der Waals surface area (Å²) in [4.78, 5) is 24.9. The summed E-state index contributed by atoms with van der Waals surface area (Å²) in [7, 11) is 0. The Balaban J connectivity index is 2.31. The summed E-state index contributed by atoms with van der Waals surface area (Å²) in [5, 5.41) is 1.83. The molecule has 220 valence electrons. The first-order valence-corrected chi connectivity index (χ1v) is 13.3. The van der Waals surface area contributed by atoms with Crippen LogP contribution in [0.15, 0.2) is 36.4 Å². The van der Waals surface area contributed by atoms with Crippen LogP contribution in [0, 0.1) is 5.41 Å². The van der Waals surface area contributed by atoms with Gasteiger partial charge in [0.1, 0.15) is 5.78 Å². The van der Waals surface area contributed by atoms with Crippen LogP contribution in [0.2, 0.25) is 15.1 Å². The molecule has 1 N–H and O–H groups in total. The molecular weight excluding hydrogens is 603 g/mol. The Kier molecular flexibility index (Phi) is 11.2. The molecule has 40 heavy (non-hydrogen) atoms. The van der Waals surface area contributed by atoms with Gasteiger partial charge in [0.15, 0.2) is 0 Å². The second-order valence-electron chi connectivity index (χ2n) is 10.7. The standard InChI is InChI=1S/C28H28Cl3F6NO2/c1-15(11-18(39)9-10-26(2,3)4)38-25(40)19-7-5-16(12-21(19)28(35,36)37)6-8-20(27(32,33)34)17-13-22(29)24(31)23(30)14-17/h5-8,12-15,20H,9-11H2,1-4H3,(H,38,40)/b8-6+/t15-,20?/m1/s1. The van der Waals surface area contributed by atoms with Crippen molar-refractivity contribution in [2.75, 3.05) is 0 Å². The average Bonchev–Trinajstić information content (AvgIpc) is 2.79. The summed E-state index contributed by atoms with van der Waals surface area (Å²) in [5.74, 6) is -3.45. The van der Waals surface area contributed by atoms with Crippen LogP contribution in [0.5, 0.6) is 0 Å². The van der Waals surface area contributed by atoms with Crippen molar-refractivity contribution < 1.29 is 35.9 Å². The molecule has 2 aromatic carbocycles. The summed E-state index contributed by atoms with van der Waals surface area (Å²) in [6.07, 6.45) is -7.45. The Morgan fingerprint density at radius 3 is 2.02 bits per heavy atom. The van der Waals surface area contributed by atoms with Gasteiger partial charge in [0.25, 0.3) is 5.91 Å². The van der Waals surface area contributed by atoms with Crippen molar-refractivity contribution in [3.05, 3.63) is 73.7 Å². The highest BCUT2D eigenvalue weighted by Gasteiger charge is 2.40. The fraction of sp³-hybridized carbons (Fsp3) is 0.429. The molecule has 2 rings (SSSR count). The van der Waals surface area contributed by atoms with Crippen molar-refractivity contribution in [1.29, 1.82) is 0 Å². The van der Waals surface area contributed by atoms with Crippen molar-refractivity contribution in [3.63, 3.8) is 0 Å². The smallest absolute Gasteiger partial charge is 0.349 e. The molecule has 0 aromatic heterocycles. The summed E-state index contributed by atoms with van der Waals surface area (Å²) < 4.78 is 83.0. The molecule has 3 nitrogen and oxygen atoms in total. The highest BCUT2D eigenvalue weighted by molar-refractivity contribution is 6.48. The maximum atomic E-state index is 13.8. The van der Waals surface area contributed by atoms with Gasteiger partial charge in [-0.2, -0.15) is 26.3 Å². The monoisotopic (exact) mass is 629 g/mol. The third-order valence-electron chi connectivity index (χ3n) is 5.86. The fourth-order valence-corrected chi connectivity index (χ4v) is 4.39. The first-order chi connectivity index (χ1) is 18.2. The Labute approximate surface area is 243 Å². The molecule has 0 heterocycles. The average molecular weight is 631 g/mol. The summed E-state index contributed by atoms with van der Waals surface area (Å²) in [5.41, 5.74) is -2.72. The lowest BCUT2D eigenvalue weighted by molar-refractivity contribution is -0.139. The SMILES string of the molecule is C[C@H](CC(=O)CCC(C)(C)C)NC(=O)c1ccc(/C=C/C(c2cc(Cl)c(Cl)c(Cl)c2)C(F)(F)F)cc1C(F)(F)F. The van der Waals surface area contributed by atoms with E-state index in [1.165, 1.54) is 6.92 Å². The van der Waals surface area contributed by atoms with E-state index in [0.29, 0.717) is 18.6 Å². The Hall–Kier alpha value is -2.23. The summed E-state index contributed by atoms with van der Waals surface area (Å²) in [6.45, 7) is 7.41. The van der Waals surface area contributed by atoms with E-state index in [1.807, 2.05) is 20.8 Å². The number of hydrogen-bond donors (Lipinski definition) is 1. The largest absolute Gasteiger partial charge is 0.417 e. The number of alkyl halides is 6. The molecule has 0 aliphatic carbocycles. The number of benzene rings is 2. The molecule has 0 bridgehead atoms. The lowest BCUT2D eigenvalue weighted by atomic mass is 9.89. The number of carbonyl (C=O) groups excluding carboxylic acids is 2. The molecule has 2 aromatic rings. The minimum atomic E-state index is -4.98. The van der Waals surface area contributed by atoms with Gasteiger partial charge < -0.3 is 5.32 Å². The first-order valence-electron chi connectivity index (χ1n) is 12.1. The van der Waals surface area contributed by atoms with Crippen LogP contribution >= 0.6 is 34.8 Å². The van der Waals surface area contributed by atoms with E-state index >= 15 is 0 Å². The highest BCUT2D eigenvalue weighted by atomic mass is 35.5. The van der Waals surface area contributed by atoms with Gasteiger partial charge >= 0.3 is 12.4 Å². The van der Waals surface area contributed by atoms with Gasteiger partial charge in [-0.05, 0) is 54.2 Å². The van der Waals surface area contributed by atoms with E-state index in [2.05, 4.69) is 5.32 Å². The van der Waals surface area contributed by atoms with Crippen LogP contribution in [-0.2, 0) is 11.0 Å². The molecule has 1 amide bonds. The molecule has 0 saturated heterocycles. The molecule has 0 saturated carbocycles. The number of allylic oxidation sites excluding steroid dienone is 1. The molecule has 12 heteroatoms. The molecule has 2 atom stereocenters. The van der Waals surface area contributed by atoms with Gasteiger partial charge in [0, 0.05) is 18.9 Å². The second-order valence-corrected chi connectivity index (χ2v) is 11.9. The van der Waals surface area contributed by atoms with Crippen LogP contribution in [0.3, 0.4) is 0 Å². The first kappa shape index (κ1) is 34.0. The minimum absolute atomic E-state index is 0.0540. The summed E-state index contributed by atoms with van der Waals surface area (Å²) >= 11 is 17.5. The van der Waals surface area contributed by atoms with Crippen molar-refractivity contribution in [2.45, 2.75) is 71.3 Å². The lowest BCUT2D eigenvalue weighted by Crippen LogP contribution is -2.35. The van der Waals surface area contributed by atoms with Gasteiger partial charge in [0.05, 0.1) is 32.1 Å². The zero-order valence-corrected chi connectivity index (χ0v) is 24.3. The number of rotatable bonds is 9. The third-order valence-corrected chi connectivity index (χ3v) is 7.05. The number of Topliss-reactive ketones (excluding diaryl/α,β-unsaturated/α-hetero) is 1. The topological polar surface area (TPSA) is 46.2 Å². The lowest BCUT2D eigenvalue weighted by Gasteiger charge is -2.19.